The molecule has 0 spiro atoms. The van der Waals surface area contributed by atoms with Crippen molar-refractivity contribution < 1.29 is 14.2 Å². The van der Waals surface area contributed by atoms with E-state index in [0.717, 1.165) is 31.1 Å². The largest absolute Gasteiger partial charge is 0.486 e. The van der Waals surface area contributed by atoms with Gasteiger partial charge in [-0.1, -0.05) is 0 Å². The van der Waals surface area contributed by atoms with Crippen molar-refractivity contribution in [3.63, 3.8) is 0 Å². The van der Waals surface area contributed by atoms with Gasteiger partial charge >= 0.3 is 0 Å². The van der Waals surface area contributed by atoms with Crippen LogP contribution < -0.4 is 14.8 Å². The molecule has 0 atom stereocenters. The van der Waals surface area contributed by atoms with Crippen LogP contribution >= 0.6 is 0 Å². The maximum absolute atomic E-state index is 5.66. The average Bonchev–Trinajstić information content (AvgIpc) is 2.39. The maximum atomic E-state index is 5.66. The summed E-state index contributed by atoms with van der Waals surface area (Å²) in [6.07, 6.45) is 1.03. The zero-order valence-corrected chi connectivity index (χ0v) is 11.1. The number of rotatable bonds is 6. The Hall–Kier alpha value is -1.26. The van der Waals surface area contributed by atoms with Gasteiger partial charge in [-0.2, -0.15) is 0 Å². The molecule has 4 nitrogen and oxygen atoms in total. The van der Waals surface area contributed by atoms with Gasteiger partial charge in [0.1, 0.15) is 13.2 Å². The molecule has 0 bridgehead atoms. The fourth-order valence-electron chi connectivity index (χ4n) is 1.92. The van der Waals surface area contributed by atoms with Crippen LogP contribution in [0.25, 0.3) is 0 Å². The van der Waals surface area contributed by atoms with Crippen LogP contribution in [0.5, 0.6) is 11.5 Å². The zero-order chi connectivity index (χ0) is 12.8. The summed E-state index contributed by atoms with van der Waals surface area (Å²) in [6, 6.07) is 4.06. The van der Waals surface area contributed by atoms with E-state index in [1.54, 1.807) is 0 Å². The molecule has 2 rings (SSSR count). The van der Waals surface area contributed by atoms with Gasteiger partial charge in [-0.15, -0.1) is 0 Å². The molecule has 100 valence electrons. The van der Waals surface area contributed by atoms with Gasteiger partial charge in [0.2, 0.25) is 0 Å². The molecule has 1 heterocycles. The Morgan fingerprint density at radius 2 is 1.94 bits per heavy atom. The minimum atomic E-state index is 0.624. The maximum Gasteiger partial charge on any atom is 0.161 e. The second kappa shape index (κ2) is 6.61. The molecular weight excluding hydrogens is 230 g/mol. The predicted molar refractivity (Wildman–Crippen MR) is 70.4 cm³/mol. The van der Waals surface area contributed by atoms with E-state index < -0.39 is 0 Å². The van der Waals surface area contributed by atoms with E-state index in [4.69, 9.17) is 14.2 Å². The lowest BCUT2D eigenvalue weighted by molar-refractivity contribution is 0.117. The van der Waals surface area contributed by atoms with Crippen LogP contribution in [0.4, 0.5) is 0 Å². The number of hydrogen-bond donors (Lipinski definition) is 1. The molecule has 0 amide bonds. The van der Waals surface area contributed by atoms with Crippen molar-refractivity contribution in [2.45, 2.75) is 20.0 Å². The van der Waals surface area contributed by atoms with E-state index in [1.165, 1.54) is 11.1 Å². The molecule has 1 aliphatic rings. The fourth-order valence-corrected chi connectivity index (χ4v) is 1.92. The second-order valence-corrected chi connectivity index (χ2v) is 4.43. The highest BCUT2D eigenvalue weighted by Gasteiger charge is 2.13. The highest BCUT2D eigenvalue weighted by molar-refractivity contribution is 5.47. The third-order valence-corrected chi connectivity index (χ3v) is 2.97. The molecule has 0 saturated carbocycles. The molecule has 0 aliphatic carbocycles. The lowest BCUT2D eigenvalue weighted by atomic mass is 10.1. The van der Waals surface area contributed by atoms with Crippen molar-refractivity contribution in [1.29, 1.82) is 0 Å². The Morgan fingerprint density at radius 1 is 1.22 bits per heavy atom. The Morgan fingerprint density at radius 3 is 2.67 bits per heavy atom. The normalized spacial score (nSPS) is 13.7. The summed E-state index contributed by atoms with van der Waals surface area (Å²) in [5.41, 5.74) is 2.36. The van der Waals surface area contributed by atoms with Crippen LogP contribution in [0.1, 0.15) is 17.5 Å². The van der Waals surface area contributed by atoms with Crippen molar-refractivity contribution in [3.8, 4) is 11.5 Å². The smallest absolute Gasteiger partial charge is 0.161 e. The second-order valence-electron chi connectivity index (χ2n) is 4.43. The third-order valence-electron chi connectivity index (χ3n) is 2.97. The molecule has 0 radical (unpaired) electrons. The molecule has 4 heteroatoms. The van der Waals surface area contributed by atoms with Gasteiger partial charge in [0.05, 0.1) is 6.61 Å². The van der Waals surface area contributed by atoms with E-state index in [-0.39, 0.29) is 0 Å². The summed E-state index contributed by atoms with van der Waals surface area (Å²) in [5, 5.41) is 3.10. The van der Waals surface area contributed by atoms with Crippen molar-refractivity contribution in [3.05, 3.63) is 23.3 Å². The minimum absolute atomic E-state index is 0.624. The molecule has 18 heavy (non-hydrogen) atoms. The van der Waals surface area contributed by atoms with Crippen LogP contribution in [-0.4, -0.2) is 33.4 Å². The quantitative estimate of drug-likeness (QED) is 0.784. The Kier molecular flexibility index (Phi) is 4.84. The molecule has 1 aromatic carbocycles. The highest BCUT2D eigenvalue weighted by Crippen LogP contribution is 2.33. The molecule has 0 unspecified atom stereocenters. The SMILES string of the molecule is CNCCCOCc1cc2c(cc1C)OCCO2. The van der Waals surface area contributed by atoms with Crippen LogP contribution in [-0.2, 0) is 11.3 Å². The van der Waals surface area contributed by atoms with E-state index in [0.29, 0.717) is 19.8 Å². The summed E-state index contributed by atoms with van der Waals surface area (Å²) in [7, 11) is 1.95. The van der Waals surface area contributed by atoms with Gasteiger partial charge in [-0.25, -0.2) is 0 Å². The fraction of sp³-hybridized carbons (Fsp3) is 0.571. The number of hydrogen-bond acceptors (Lipinski definition) is 4. The third kappa shape index (κ3) is 3.37. The van der Waals surface area contributed by atoms with E-state index in [2.05, 4.69) is 12.2 Å². The number of aryl methyl sites for hydroxylation is 1. The first kappa shape index (κ1) is 13.2. The van der Waals surface area contributed by atoms with Crippen LogP contribution in [0, 0.1) is 6.92 Å². The van der Waals surface area contributed by atoms with Crippen molar-refractivity contribution in [2.24, 2.45) is 0 Å². The van der Waals surface area contributed by atoms with Crippen LogP contribution in [0.2, 0.25) is 0 Å². The molecule has 0 fully saturated rings. The summed E-state index contributed by atoms with van der Waals surface area (Å²) in [4.78, 5) is 0. The van der Waals surface area contributed by atoms with E-state index in [9.17, 15) is 0 Å². The minimum Gasteiger partial charge on any atom is -0.486 e. The number of benzene rings is 1. The van der Waals surface area contributed by atoms with Gasteiger partial charge in [-0.3, -0.25) is 0 Å². The molecule has 0 aromatic heterocycles. The molecule has 1 aromatic rings. The average molecular weight is 251 g/mol. The number of nitrogens with one attached hydrogen (secondary N) is 1. The van der Waals surface area contributed by atoms with Crippen molar-refractivity contribution >= 4 is 0 Å². The van der Waals surface area contributed by atoms with Crippen molar-refractivity contribution in [1.82, 2.24) is 5.32 Å². The van der Waals surface area contributed by atoms with Gasteiger partial charge in [0.15, 0.2) is 11.5 Å². The van der Waals surface area contributed by atoms with Gasteiger partial charge in [0, 0.05) is 6.61 Å². The Balaban J connectivity index is 1.91. The number of ether oxygens (including phenoxy) is 3. The van der Waals surface area contributed by atoms with Crippen molar-refractivity contribution in [2.75, 3.05) is 33.4 Å². The molecule has 1 aliphatic heterocycles. The molecule has 1 N–H and O–H groups in total. The lowest BCUT2D eigenvalue weighted by Crippen LogP contribution is -2.16. The van der Waals surface area contributed by atoms with Crippen LogP contribution in [0.3, 0.4) is 0 Å². The lowest BCUT2D eigenvalue weighted by Gasteiger charge is -2.20. The first-order chi connectivity index (χ1) is 8.81. The first-order valence-corrected chi connectivity index (χ1v) is 6.42. The number of fused-ring (bicyclic) bond motifs is 1. The van der Waals surface area contributed by atoms with E-state index in [1.807, 2.05) is 19.2 Å². The zero-order valence-electron chi connectivity index (χ0n) is 11.1. The summed E-state index contributed by atoms with van der Waals surface area (Å²) in [5.74, 6) is 1.68. The highest BCUT2D eigenvalue weighted by atomic mass is 16.6. The summed E-state index contributed by atoms with van der Waals surface area (Å²) in [6.45, 7) is 5.72. The Bertz CT molecular complexity index is 393. The van der Waals surface area contributed by atoms with Gasteiger partial charge < -0.3 is 19.5 Å². The van der Waals surface area contributed by atoms with Gasteiger partial charge in [-0.05, 0) is 50.2 Å². The summed E-state index contributed by atoms with van der Waals surface area (Å²) < 4.78 is 16.8. The predicted octanol–water partition coefficient (Wildman–Crippen LogP) is 1.89. The monoisotopic (exact) mass is 251 g/mol. The molecular formula is C14H21NO3. The standard InChI is InChI=1S/C14H21NO3/c1-11-8-13-14(18-7-6-17-13)9-12(11)10-16-5-3-4-15-2/h8-9,15H,3-7,10H2,1-2H3. The van der Waals surface area contributed by atoms with E-state index >= 15 is 0 Å². The van der Waals surface area contributed by atoms with Gasteiger partial charge in [0.25, 0.3) is 0 Å². The molecule has 0 saturated heterocycles. The summed E-state index contributed by atoms with van der Waals surface area (Å²) >= 11 is 0. The van der Waals surface area contributed by atoms with Crippen LogP contribution in [0.15, 0.2) is 12.1 Å². The topological polar surface area (TPSA) is 39.7 Å². The first-order valence-electron chi connectivity index (χ1n) is 6.42. The Labute approximate surface area is 108 Å².